The van der Waals surface area contributed by atoms with Gasteiger partial charge >= 0.3 is 0 Å². The van der Waals surface area contributed by atoms with Gasteiger partial charge in [-0.3, -0.25) is 9.89 Å². The maximum atomic E-state index is 6.17. The molecule has 1 atom stereocenters. The minimum atomic E-state index is -0.0233. The zero-order valence-electron chi connectivity index (χ0n) is 18.1. The lowest BCUT2D eigenvalue weighted by Gasteiger charge is -2.24. The van der Waals surface area contributed by atoms with Crippen molar-refractivity contribution >= 4 is 23.2 Å². The summed E-state index contributed by atoms with van der Waals surface area (Å²) in [6.45, 7) is 7.11. The van der Waals surface area contributed by atoms with Crippen LogP contribution in [0.2, 0.25) is 0 Å². The van der Waals surface area contributed by atoms with Crippen molar-refractivity contribution in [2.24, 2.45) is 10.9 Å². The van der Waals surface area contributed by atoms with Gasteiger partial charge in [0, 0.05) is 34.2 Å². The van der Waals surface area contributed by atoms with Gasteiger partial charge in [-0.1, -0.05) is 80.2 Å². The van der Waals surface area contributed by atoms with Crippen LogP contribution in [-0.4, -0.2) is 23.8 Å². The van der Waals surface area contributed by atoms with Gasteiger partial charge in [0.2, 0.25) is 0 Å². The summed E-state index contributed by atoms with van der Waals surface area (Å²) in [4.78, 5) is 10.1. The molecular formula is C27H28N2OS. The topological polar surface area (TPSA) is 24.8 Å². The van der Waals surface area contributed by atoms with Gasteiger partial charge in [0.1, 0.15) is 6.23 Å². The Bertz CT molecular complexity index is 1090. The van der Waals surface area contributed by atoms with Crippen LogP contribution < -0.4 is 0 Å². The molecule has 31 heavy (non-hydrogen) atoms. The van der Waals surface area contributed by atoms with Gasteiger partial charge in [-0.15, -0.1) is 0 Å². The lowest BCUT2D eigenvalue weighted by molar-refractivity contribution is 0.0288. The van der Waals surface area contributed by atoms with Crippen LogP contribution in [-0.2, 0) is 11.3 Å². The van der Waals surface area contributed by atoms with Crippen LogP contribution in [0.3, 0.4) is 0 Å². The lowest BCUT2D eigenvalue weighted by Crippen LogP contribution is -2.23. The van der Waals surface area contributed by atoms with Gasteiger partial charge in [-0.05, 0) is 41.7 Å². The number of fused-ring (bicyclic) bond motifs is 2. The molecule has 3 aromatic rings. The largest absolute Gasteiger partial charge is 0.357 e. The average Bonchev–Trinajstić information content (AvgIpc) is 3.17. The number of benzene rings is 3. The maximum Gasteiger partial charge on any atom is 0.137 e. The molecular weight excluding hydrogens is 400 g/mol. The third-order valence-electron chi connectivity index (χ3n) is 5.76. The molecule has 3 nitrogen and oxygen atoms in total. The highest BCUT2D eigenvalue weighted by Crippen LogP contribution is 2.43. The van der Waals surface area contributed by atoms with Crippen molar-refractivity contribution in [3.8, 4) is 0 Å². The molecule has 5 rings (SSSR count). The molecule has 2 aliphatic rings. The van der Waals surface area contributed by atoms with E-state index in [2.05, 4.69) is 91.5 Å². The van der Waals surface area contributed by atoms with Crippen LogP contribution in [0.1, 0.15) is 43.2 Å². The summed E-state index contributed by atoms with van der Waals surface area (Å²) in [6.07, 6.45) is 0.950. The summed E-state index contributed by atoms with van der Waals surface area (Å²) < 4.78 is 6.17. The third-order valence-corrected chi connectivity index (χ3v) is 6.90. The molecule has 0 spiro atoms. The Morgan fingerprint density at radius 2 is 1.81 bits per heavy atom. The highest BCUT2D eigenvalue weighted by Gasteiger charge is 2.28. The van der Waals surface area contributed by atoms with Crippen molar-refractivity contribution in [3.63, 3.8) is 0 Å². The average molecular weight is 429 g/mol. The van der Waals surface area contributed by atoms with E-state index in [-0.39, 0.29) is 6.23 Å². The van der Waals surface area contributed by atoms with Crippen LogP contribution in [0, 0.1) is 5.92 Å². The fourth-order valence-corrected chi connectivity index (χ4v) is 5.34. The molecule has 0 radical (unpaired) electrons. The van der Waals surface area contributed by atoms with E-state index in [1.54, 1.807) is 0 Å². The number of nitrogens with zero attached hydrogens (tertiary/aromatic N) is 2. The Hall–Kier alpha value is -2.40. The number of hydrogen-bond donors (Lipinski definition) is 0. The van der Waals surface area contributed by atoms with E-state index in [0.717, 1.165) is 31.8 Å². The van der Waals surface area contributed by atoms with Gasteiger partial charge in [0.15, 0.2) is 0 Å². The molecule has 3 aromatic carbocycles. The zero-order chi connectivity index (χ0) is 21.2. The highest BCUT2D eigenvalue weighted by atomic mass is 32.2. The summed E-state index contributed by atoms with van der Waals surface area (Å²) in [5.41, 5.74) is 6.01. The van der Waals surface area contributed by atoms with E-state index in [1.165, 1.54) is 32.2 Å². The second kappa shape index (κ2) is 8.99. The molecule has 2 aliphatic heterocycles. The molecule has 1 unspecified atom stereocenters. The predicted molar refractivity (Wildman–Crippen MR) is 128 cm³/mol. The summed E-state index contributed by atoms with van der Waals surface area (Å²) in [6, 6.07) is 26.0. The van der Waals surface area contributed by atoms with E-state index in [4.69, 9.17) is 9.73 Å². The van der Waals surface area contributed by atoms with Gasteiger partial charge in [-0.2, -0.15) is 0 Å². The third kappa shape index (κ3) is 4.47. The normalized spacial score (nSPS) is 18.4. The number of ether oxygens (including phenoxy) is 1. The summed E-state index contributed by atoms with van der Waals surface area (Å²) in [5.74, 6) is 0.557. The molecule has 0 bridgehead atoms. The van der Waals surface area contributed by atoms with Gasteiger partial charge in [-0.25, -0.2) is 0 Å². The molecule has 1 saturated heterocycles. The van der Waals surface area contributed by atoms with Gasteiger partial charge in [0.05, 0.1) is 12.3 Å². The van der Waals surface area contributed by atoms with E-state index in [1.807, 2.05) is 11.8 Å². The first-order valence-electron chi connectivity index (χ1n) is 11.1. The first kappa shape index (κ1) is 20.5. The molecule has 4 heteroatoms. The highest BCUT2D eigenvalue weighted by molar-refractivity contribution is 7.99. The molecule has 2 heterocycles. The monoisotopic (exact) mass is 428 g/mol. The number of aliphatic imine (C=N–C) groups is 1. The van der Waals surface area contributed by atoms with Gasteiger partial charge in [0.25, 0.3) is 0 Å². The van der Waals surface area contributed by atoms with Crippen molar-refractivity contribution in [1.82, 2.24) is 4.90 Å². The zero-order valence-corrected chi connectivity index (χ0v) is 18.9. The van der Waals surface area contributed by atoms with Crippen molar-refractivity contribution in [1.29, 1.82) is 0 Å². The SMILES string of the molecule is CC(C)CC1=Nc2cc(C3OCCN3Cc3ccccc3)ccc2Sc2ccccc21. The molecule has 0 amide bonds. The molecule has 0 aromatic heterocycles. The Balaban J connectivity index is 1.48. The fourth-order valence-electron chi connectivity index (χ4n) is 4.31. The Labute approximate surface area is 189 Å². The van der Waals surface area contributed by atoms with E-state index < -0.39 is 0 Å². The van der Waals surface area contributed by atoms with Crippen molar-refractivity contribution in [2.45, 2.75) is 42.8 Å². The van der Waals surface area contributed by atoms with Crippen LogP contribution in [0.25, 0.3) is 0 Å². The fraction of sp³-hybridized carbons (Fsp3) is 0.296. The van der Waals surface area contributed by atoms with Crippen LogP contribution in [0.4, 0.5) is 5.69 Å². The summed E-state index contributed by atoms with van der Waals surface area (Å²) >= 11 is 1.82. The molecule has 0 N–H and O–H groups in total. The van der Waals surface area contributed by atoms with Crippen molar-refractivity contribution < 1.29 is 4.74 Å². The summed E-state index contributed by atoms with van der Waals surface area (Å²) in [7, 11) is 0. The minimum Gasteiger partial charge on any atom is -0.357 e. The molecule has 1 fully saturated rings. The second-order valence-electron chi connectivity index (χ2n) is 8.66. The Morgan fingerprint density at radius 1 is 1.00 bits per heavy atom. The van der Waals surface area contributed by atoms with Crippen LogP contribution in [0.5, 0.6) is 0 Å². The summed E-state index contributed by atoms with van der Waals surface area (Å²) in [5, 5.41) is 0. The molecule has 158 valence electrons. The Morgan fingerprint density at radius 3 is 2.65 bits per heavy atom. The maximum absolute atomic E-state index is 6.17. The van der Waals surface area contributed by atoms with Gasteiger partial charge < -0.3 is 4.74 Å². The predicted octanol–water partition coefficient (Wildman–Crippen LogP) is 6.85. The van der Waals surface area contributed by atoms with Crippen LogP contribution >= 0.6 is 11.8 Å². The van der Waals surface area contributed by atoms with E-state index in [0.29, 0.717) is 5.92 Å². The lowest BCUT2D eigenvalue weighted by atomic mass is 10.00. The molecule has 0 saturated carbocycles. The van der Waals surface area contributed by atoms with E-state index in [9.17, 15) is 0 Å². The van der Waals surface area contributed by atoms with E-state index >= 15 is 0 Å². The van der Waals surface area contributed by atoms with Crippen molar-refractivity contribution in [3.05, 3.63) is 89.5 Å². The standard InChI is InChI=1S/C27H28N2OS/c1-19(2)16-23-22-10-6-7-11-25(22)31-26-13-12-21(17-24(26)28-23)27-29(14-15-30-27)18-20-8-4-3-5-9-20/h3-13,17,19,27H,14-16,18H2,1-2H3. The minimum absolute atomic E-state index is 0.0233. The number of rotatable bonds is 5. The molecule has 0 aliphatic carbocycles. The quantitative estimate of drug-likeness (QED) is 0.444. The first-order chi connectivity index (χ1) is 15.2. The smallest absolute Gasteiger partial charge is 0.137 e. The van der Waals surface area contributed by atoms with Crippen molar-refractivity contribution in [2.75, 3.05) is 13.2 Å². The Kier molecular flexibility index (Phi) is 5.95. The second-order valence-corrected chi connectivity index (χ2v) is 9.74. The van der Waals surface area contributed by atoms with Crippen LogP contribution in [0.15, 0.2) is 87.6 Å². The first-order valence-corrected chi connectivity index (χ1v) is 11.9. The number of hydrogen-bond acceptors (Lipinski definition) is 4.